The third-order valence-corrected chi connectivity index (χ3v) is 6.15. The zero-order valence-corrected chi connectivity index (χ0v) is 16.9. The van der Waals surface area contributed by atoms with Gasteiger partial charge < -0.3 is 4.57 Å². The summed E-state index contributed by atoms with van der Waals surface area (Å²) in [5, 5.41) is 1.09. The first-order chi connectivity index (χ1) is 13.0. The Bertz CT molecular complexity index is 1070. The summed E-state index contributed by atoms with van der Waals surface area (Å²) < 4.78 is 1.94. The smallest absolute Gasteiger partial charge is 0.272 e. The van der Waals surface area contributed by atoms with Crippen molar-refractivity contribution >= 4 is 34.2 Å². The van der Waals surface area contributed by atoms with Crippen molar-refractivity contribution in [2.24, 2.45) is 5.92 Å². The molecule has 2 aromatic heterocycles. The average molecular weight is 402 g/mol. The molecule has 0 radical (unpaired) electrons. The van der Waals surface area contributed by atoms with Crippen LogP contribution in [0.15, 0.2) is 35.3 Å². The molecule has 2 heterocycles. The maximum Gasteiger partial charge on any atom is 0.272 e. The van der Waals surface area contributed by atoms with E-state index in [1.54, 1.807) is 25.3 Å². The Labute approximate surface area is 168 Å². The van der Waals surface area contributed by atoms with Crippen LogP contribution in [0.5, 0.6) is 0 Å². The van der Waals surface area contributed by atoms with Crippen LogP contribution in [-0.4, -0.2) is 14.5 Å². The number of hydrogen-bond acceptors (Lipinski definition) is 3. The molecule has 0 unspecified atom stereocenters. The summed E-state index contributed by atoms with van der Waals surface area (Å²) in [4.78, 5) is 22.2. The van der Waals surface area contributed by atoms with Gasteiger partial charge in [-0.15, -0.1) is 0 Å². The molecule has 0 bridgehead atoms. The first-order valence-electron chi connectivity index (χ1n) is 9.34. The van der Waals surface area contributed by atoms with Gasteiger partial charge in [-0.25, -0.2) is 4.98 Å². The number of halogens is 2. The number of benzene rings is 1. The fourth-order valence-corrected chi connectivity index (χ4v) is 4.50. The predicted molar refractivity (Wildman–Crippen MR) is 111 cm³/mol. The third kappa shape index (κ3) is 3.15. The van der Waals surface area contributed by atoms with Gasteiger partial charge in [0.05, 0.1) is 16.2 Å². The number of hydrogen-bond donors (Lipinski definition) is 0. The molecule has 0 saturated heterocycles. The van der Waals surface area contributed by atoms with Crippen molar-refractivity contribution in [2.75, 3.05) is 0 Å². The first-order valence-corrected chi connectivity index (χ1v) is 10.1. The topological polar surface area (TPSA) is 47.8 Å². The molecule has 1 saturated carbocycles. The Kier molecular flexibility index (Phi) is 4.95. The standard InChI is InChI=1S/C21H21Cl2N3O/c1-3-17(13-5-4-6-13)26-18-9-10-24-19(20(18)25-12(2)21(26)27)15-8-7-14(22)11-16(15)23/h7-11,13,17H,3-6H2,1-2H3/t17-/m1/s1. The highest BCUT2D eigenvalue weighted by Gasteiger charge is 2.30. The molecule has 3 aromatic rings. The van der Waals surface area contributed by atoms with Crippen LogP contribution >= 0.6 is 23.2 Å². The van der Waals surface area contributed by atoms with Gasteiger partial charge in [0.1, 0.15) is 11.2 Å². The Balaban J connectivity index is 2.00. The largest absolute Gasteiger partial charge is 0.302 e. The van der Waals surface area contributed by atoms with Crippen molar-refractivity contribution in [1.82, 2.24) is 14.5 Å². The van der Waals surface area contributed by atoms with Gasteiger partial charge in [0.25, 0.3) is 5.56 Å². The van der Waals surface area contributed by atoms with Gasteiger partial charge in [-0.05, 0) is 56.4 Å². The zero-order valence-electron chi connectivity index (χ0n) is 15.4. The highest BCUT2D eigenvalue weighted by molar-refractivity contribution is 6.36. The molecule has 4 rings (SSSR count). The van der Waals surface area contributed by atoms with Gasteiger partial charge in [-0.3, -0.25) is 9.78 Å². The molecule has 1 aromatic carbocycles. The lowest BCUT2D eigenvalue weighted by Gasteiger charge is -2.35. The fourth-order valence-electron chi connectivity index (χ4n) is 4.01. The van der Waals surface area contributed by atoms with Crippen molar-refractivity contribution in [2.45, 2.75) is 45.6 Å². The number of pyridine rings is 1. The van der Waals surface area contributed by atoms with Crippen molar-refractivity contribution in [3.05, 3.63) is 56.6 Å². The lowest BCUT2D eigenvalue weighted by molar-refractivity contribution is 0.203. The molecule has 1 fully saturated rings. The van der Waals surface area contributed by atoms with Crippen LogP contribution in [0, 0.1) is 12.8 Å². The van der Waals surface area contributed by atoms with Crippen LogP contribution < -0.4 is 5.56 Å². The summed E-state index contributed by atoms with van der Waals surface area (Å²) in [7, 11) is 0. The minimum atomic E-state index is -0.0133. The molecule has 0 aliphatic heterocycles. The van der Waals surface area contributed by atoms with Gasteiger partial charge in [0, 0.05) is 22.8 Å². The molecule has 6 heteroatoms. The quantitative estimate of drug-likeness (QED) is 0.552. The Hall–Kier alpha value is -1.91. The third-order valence-electron chi connectivity index (χ3n) is 5.60. The minimum absolute atomic E-state index is 0.0133. The second-order valence-corrected chi connectivity index (χ2v) is 8.03. The fraction of sp³-hybridized carbons (Fsp3) is 0.381. The van der Waals surface area contributed by atoms with Crippen molar-refractivity contribution in [3.8, 4) is 11.3 Å². The second-order valence-electron chi connectivity index (χ2n) is 7.19. The zero-order chi connectivity index (χ0) is 19.1. The van der Waals surface area contributed by atoms with E-state index in [0.29, 0.717) is 32.9 Å². The molecule has 0 N–H and O–H groups in total. The first kappa shape index (κ1) is 18.5. The molecule has 1 atom stereocenters. The van der Waals surface area contributed by atoms with Crippen LogP contribution in [0.25, 0.3) is 22.3 Å². The van der Waals surface area contributed by atoms with E-state index in [9.17, 15) is 4.79 Å². The van der Waals surface area contributed by atoms with Crippen LogP contribution in [0.4, 0.5) is 0 Å². The van der Waals surface area contributed by atoms with E-state index < -0.39 is 0 Å². The molecular formula is C21H21Cl2N3O. The average Bonchev–Trinajstić information content (AvgIpc) is 2.60. The van der Waals surface area contributed by atoms with Crippen LogP contribution in [0.3, 0.4) is 0 Å². The molecule has 1 aliphatic rings. The number of nitrogens with zero attached hydrogens (tertiary/aromatic N) is 3. The molecule has 4 nitrogen and oxygen atoms in total. The van der Waals surface area contributed by atoms with Gasteiger partial charge in [0.2, 0.25) is 0 Å². The van der Waals surface area contributed by atoms with Gasteiger partial charge in [-0.1, -0.05) is 36.5 Å². The Morgan fingerprint density at radius 3 is 2.67 bits per heavy atom. The monoisotopic (exact) mass is 401 g/mol. The Morgan fingerprint density at radius 2 is 2.04 bits per heavy atom. The van der Waals surface area contributed by atoms with E-state index in [-0.39, 0.29) is 11.6 Å². The van der Waals surface area contributed by atoms with Crippen molar-refractivity contribution in [1.29, 1.82) is 0 Å². The number of aromatic nitrogens is 3. The van der Waals surface area contributed by atoms with Gasteiger partial charge >= 0.3 is 0 Å². The molecule has 27 heavy (non-hydrogen) atoms. The van der Waals surface area contributed by atoms with Crippen molar-refractivity contribution in [3.63, 3.8) is 0 Å². The maximum atomic E-state index is 13.0. The number of rotatable bonds is 4. The van der Waals surface area contributed by atoms with E-state index in [0.717, 1.165) is 17.5 Å². The summed E-state index contributed by atoms with van der Waals surface area (Å²) in [5.74, 6) is 0.549. The summed E-state index contributed by atoms with van der Waals surface area (Å²) in [6, 6.07) is 7.41. The molecule has 140 valence electrons. The van der Waals surface area contributed by atoms with Crippen LogP contribution in [-0.2, 0) is 0 Å². The minimum Gasteiger partial charge on any atom is -0.302 e. The molecule has 0 amide bonds. The lowest BCUT2D eigenvalue weighted by Crippen LogP contribution is -2.34. The van der Waals surface area contributed by atoms with E-state index in [1.807, 2.05) is 16.7 Å². The highest BCUT2D eigenvalue weighted by Crippen LogP contribution is 2.39. The maximum absolute atomic E-state index is 13.0. The van der Waals surface area contributed by atoms with Crippen molar-refractivity contribution < 1.29 is 0 Å². The summed E-state index contributed by atoms with van der Waals surface area (Å²) in [6.07, 6.45) is 6.24. The SMILES string of the molecule is CC[C@H](C1CCC1)n1c(=O)c(C)nc2c(-c3ccc(Cl)cc3Cl)nccc21. The number of fused-ring (bicyclic) bond motifs is 1. The molecular weight excluding hydrogens is 381 g/mol. The number of aryl methyl sites for hydroxylation is 1. The van der Waals surface area contributed by atoms with Gasteiger partial charge in [-0.2, -0.15) is 0 Å². The summed E-state index contributed by atoms with van der Waals surface area (Å²) in [6.45, 7) is 3.92. The molecule has 1 aliphatic carbocycles. The van der Waals surface area contributed by atoms with E-state index >= 15 is 0 Å². The lowest BCUT2D eigenvalue weighted by atomic mass is 9.78. The van der Waals surface area contributed by atoms with Crippen LogP contribution in [0.1, 0.15) is 44.3 Å². The highest BCUT2D eigenvalue weighted by atomic mass is 35.5. The second kappa shape index (κ2) is 7.25. The summed E-state index contributed by atoms with van der Waals surface area (Å²) in [5.41, 5.74) is 3.44. The molecule has 0 spiro atoms. The van der Waals surface area contributed by atoms with E-state index in [1.165, 1.54) is 19.3 Å². The Morgan fingerprint density at radius 1 is 1.26 bits per heavy atom. The van der Waals surface area contributed by atoms with Gasteiger partial charge in [0.15, 0.2) is 0 Å². The van der Waals surface area contributed by atoms with Crippen LogP contribution in [0.2, 0.25) is 10.0 Å². The summed E-state index contributed by atoms with van der Waals surface area (Å²) >= 11 is 12.5. The normalized spacial score (nSPS) is 15.7. The predicted octanol–water partition coefficient (Wildman–Crippen LogP) is 5.82. The van der Waals surface area contributed by atoms with E-state index in [2.05, 4.69) is 16.9 Å². The van der Waals surface area contributed by atoms with E-state index in [4.69, 9.17) is 23.2 Å².